The van der Waals surface area contributed by atoms with E-state index in [1.54, 1.807) is 17.0 Å². The molecule has 3 N–H and O–H groups in total. The minimum atomic E-state index is -0.0229. The number of aromatic nitrogens is 5. The molecule has 10 nitrogen and oxygen atoms in total. The summed E-state index contributed by atoms with van der Waals surface area (Å²) in [6.07, 6.45) is 4.73. The minimum Gasteiger partial charge on any atom is -0.314 e. The smallest absolute Gasteiger partial charge is 0.243 e. The first-order valence-corrected chi connectivity index (χ1v) is 5.48. The Hall–Kier alpha value is -3.24. The van der Waals surface area contributed by atoms with Crippen LogP contribution in [0.5, 0.6) is 0 Å². The van der Waals surface area contributed by atoms with Crippen molar-refractivity contribution in [1.29, 1.82) is 10.5 Å². The second-order valence-corrected chi connectivity index (χ2v) is 3.55. The number of imidazole rings is 1. The fourth-order valence-electron chi connectivity index (χ4n) is 1.42. The third kappa shape index (κ3) is 2.77. The molecule has 0 amide bonds. The first-order chi connectivity index (χ1) is 9.78. The van der Waals surface area contributed by atoms with Crippen molar-refractivity contribution in [2.75, 3.05) is 23.4 Å². The highest BCUT2D eigenvalue weighted by Crippen LogP contribution is 2.12. The molecule has 0 aliphatic carbocycles. The lowest BCUT2D eigenvalue weighted by atomic mass is 10.5. The highest BCUT2D eigenvalue weighted by atomic mass is 15.4. The summed E-state index contributed by atoms with van der Waals surface area (Å²) in [6.45, 7) is -0.0457. The van der Waals surface area contributed by atoms with Crippen molar-refractivity contribution in [3.05, 3.63) is 18.7 Å². The van der Waals surface area contributed by atoms with Crippen molar-refractivity contribution in [1.82, 2.24) is 24.5 Å². The third-order valence-corrected chi connectivity index (χ3v) is 2.28. The average molecular weight is 270 g/mol. The summed E-state index contributed by atoms with van der Waals surface area (Å²) in [5.74, 6) is 5.90. The van der Waals surface area contributed by atoms with Gasteiger partial charge in [-0.1, -0.05) is 0 Å². The standard InChI is InChI=1S/C10H10N10/c11-1-4-19(5-2-12)9-15-8(18-13)16-10(17-9)20-6-3-14-7-20/h3,6-7H,4-5,13H2,(H,15,16,17,18). The van der Waals surface area contributed by atoms with Gasteiger partial charge in [-0.3, -0.25) is 9.99 Å². The SMILES string of the molecule is N#CCN(CC#N)c1nc(NN)nc(-n2ccnc2)n1. The van der Waals surface area contributed by atoms with Gasteiger partial charge in [-0.15, -0.1) is 0 Å². The van der Waals surface area contributed by atoms with Gasteiger partial charge in [0.25, 0.3) is 0 Å². The van der Waals surface area contributed by atoms with Crippen LogP contribution in [0.1, 0.15) is 0 Å². The Kier molecular flexibility index (Phi) is 4.01. The van der Waals surface area contributed by atoms with Gasteiger partial charge >= 0.3 is 0 Å². The first-order valence-electron chi connectivity index (χ1n) is 5.48. The van der Waals surface area contributed by atoms with Crippen molar-refractivity contribution >= 4 is 11.9 Å². The topological polar surface area (TPSA) is 145 Å². The van der Waals surface area contributed by atoms with Gasteiger partial charge in [0, 0.05) is 12.4 Å². The Morgan fingerprint density at radius 1 is 1.25 bits per heavy atom. The molecule has 0 aromatic carbocycles. The number of nitrogens with one attached hydrogen (secondary N) is 1. The third-order valence-electron chi connectivity index (χ3n) is 2.28. The highest BCUT2D eigenvalue weighted by Gasteiger charge is 2.13. The molecule has 0 atom stereocenters. The van der Waals surface area contributed by atoms with Gasteiger partial charge in [-0.05, 0) is 0 Å². The van der Waals surface area contributed by atoms with Gasteiger partial charge < -0.3 is 4.90 Å². The Balaban J connectivity index is 2.45. The van der Waals surface area contributed by atoms with Crippen LogP contribution in [0.3, 0.4) is 0 Å². The van der Waals surface area contributed by atoms with Gasteiger partial charge in [-0.25, -0.2) is 10.8 Å². The molecule has 0 fully saturated rings. The van der Waals surface area contributed by atoms with E-state index in [1.165, 1.54) is 11.2 Å². The van der Waals surface area contributed by atoms with Gasteiger partial charge in [0.1, 0.15) is 19.4 Å². The average Bonchev–Trinajstić information content (AvgIpc) is 3.01. The maximum Gasteiger partial charge on any atom is 0.243 e. The molecule has 0 bridgehead atoms. The number of anilines is 2. The number of rotatable bonds is 5. The molecule has 0 radical (unpaired) electrons. The highest BCUT2D eigenvalue weighted by molar-refractivity contribution is 5.41. The largest absolute Gasteiger partial charge is 0.314 e. The van der Waals surface area contributed by atoms with E-state index in [4.69, 9.17) is 16.4 Å². The zero-order chi connectivity index (χ0) is 14.4. The quantitative estimate of drug-likeness (QED) is 0.404. The van der Waals surface area contributed by atoms with E-state index in [9.17, 15) is 0 Å². The van der Waals surface area contributed by atoms with Crippen LogP contribution in [0.2, 0.25) is 0 Å². The van der Waals surface area contributed by atoms with Crippen LogP contribution in [-0.2, 0) is 0 Å². The maximum atomic E-state index is 8.78. The second kappa shape index (κ2) is 6.08. The van der Waals surface area contributed by atoms with E-state index in [1.807, 2.05) is 12.1 Å². The van der Waals surface area contributed by atoms with Crippen LogP contribution >= 0.6 is 0 Å². The van der Waals surface area contributed by atoms with Crippen LogP contribution < -0.4 is 16.2 Å². The zero-order valence-corrected chi connectivity index (χ0v) is 10.3. The van der Waals surface area contributed by atoms with Crippen molar-refractivity contribution in [3.8, 4) is 18.1 Å². The van der Waals surface area contributed by atoms with E-state index in [0.29, 0.717) is 0 Å². The Morgan fingerprint density at radius 3 is 2.55 bits per heavy atom. The van der Waals surface area contributed by atoms with Crippen LogP contribution in [0.25, 0.3) is 5.95 Å². The van der Waals surface area contributed by atoms with E-state index < -0.39 is 0 Å². The molecule has 100 valence electrons. The van der Waals surface area contributed by atoms with Gasteiger partial charge in [-0.2, -0.15) is 25.5 Å². The molecule has 0 aliphatic rings. The van der Waals surface area contributed by atoms with Crippen molar-refractivity contribution in [2.45, 2.75) is 0 Å². The van der Waals surface area contributed by atoms with Gasteiger partial charge in [0.15, 0.2) is 0 Å². The van der Waals surface area contributed by atoms with E-state index >= 15 is 0 Å². The molecule has 2 aromatic heterocycles. The van der Waals surface area contributed by atoms with E-state index in [-0.39, 0.29) is 30.9 Å². The fourth-order valence-corrected chi connectivity index (χ4v) is 1.42. The fraction of sp³-hybridized carbons (Fsp3) is 0.200. The minimum absolute atomic E-state index is 0.0229. The summed E-state index contributed by atoms with van der Waals surface area (Å²) in [7, 11) is 0. The lowest BCUT2D eigenvalue weighted by Crippen LogP contribution is -2.27. The first kappa shape index (κ1) is 13.2. The lowest BCUT2D eigenvalue weighted by molar-refractivity contribution is 0.838. The summed E-state index contributed by atoms with van der Waals surface area (Å²) >= 11 is 0. The molecule has 0 unspecified atom stereocenters. The summed E-state index contributed by atoms with van der Waals surface area (Å²) < 4.78 is 1.56. The molecule has 0 saturated heterocycles. The molecule has 0 spiro atoms. The molecular formula is C10H10N10. The zero-order valence-electron chi connectivity index (χ0n) is 10.3. The van der Waals surface area contributed by atoms with Gasteiger partial charge in [0.05, 0.1) is 12.1 Å². The molecule has 0 saturated carbocycles. The van der Waals surface area contributed by atoms with Crippen molar-refractivity contribution < 1.29 is 0 Å². The number of hydrogen-bond acceptors (Lipinski definition) is 9. The Bertz CT molecular complexity index is 634. The van der Waals surface area contributed by atoms with Gasteiger partial charge in [0.2, 0.25) is 17.8 Å². The van der Waals surface area contributed by atoms with Crippen LogP contribution in [-0.4, -0.2) is 37.6 Å². The van der Waals surface area contributed by atoms with Crippen LogP contribution in [0.15, 0.2) is 18.7 Å². The summed E-state index contributed by atoms with van der Waals surface area (Å²) in [5, 5.41) is 17.6. The molecular weight excluding hydrogens is 260 g/mol. The number of nitrogens with zero attached hydrogens (tertiary/aromatic N) is 8. The number of nitrogen functional groups attached to an aromatic ring is 1. The maximum absolute atomic E-state index is 8.78. The molecule has 10 heteroatoms. The predicted molar refractivity (Wildman–Crippen MR) is 68.2 cm³/mol. The molecule has 2 aromatic rings. The Labute approximate surface area is 114 Å². The summed E-state index contributed by atoms with van der Waals surface area (Å²) in [5.41, 5.74) is 2.32. The molecule has 2 heterocycles. The number of hydrogen-bond donors (Lipinski definition) is 2. The normalized spacial score (nSPS) is 9.55. The molecule has 0 aliphatic heterocycles. The number of hydrazine groups is 1. The van der Waals surface area contributed by atoms with Crippen LogP contribution in [0, 0.1) is 22.7 Å². The number of nitrogens with two attached hydrogens (primary N) is 1. The van der Waals surface area contributed by atoms with Crippen molar-refractivity contribution in [3.63, 3.8) is 0 Å². The Morgan fingerprint density at radius 2 is 2.00 bits per heavy atom. The van der Waals surface area contributed by atoms with Crippen molar-refractivity contribution in [2.24, 2.45) is 5.84 Å². The van der Waals surface area contributed by atoms with E-state index in [0.717, 1.165) is 0 Å². The summed E-state index contributed by atoms with van der Waals surface area (Å²) in [4.78, 5) is 17.6. The second-order valence-electron chi connectivity index (χ2n) is 3.55. The predicted octanol–water partition coefficient (Wildman–Crippen LogP) is -0.804. The monoisotopic (exact) mass is 270 g/mol. The molecule has 2 rings (SSSR count). The number of nitriles is 2. The molecule has 20 heavy (non-hydrogen) atoms. The lowest BCUT2D eigenvalue weighted by Gasteiger charge is -2.16. The van der Waals surface area contributed by atoms with Crippen LogP contribution in [0.4, 0.5) is 11.9 Å². The van der Waals surface area contributed by atoms with E-state index in [2.05, 4.69) is 25.4 Å². The summed E-state index contributed by atoms with van der Waals surface area (Å²) in [6, 6.07) is 3.89.